The van der Waals surface area contributed by atoms with Crippen molar-refractivity contribution in [3.8, 4) is 22.8 Å². The molecule has 0 aliphatic carbocycles. The topological polar surface area (TPSA) is 77.4 Å². The van der Waals surface area contributed by atoms with Crippen LogP contribution in [0.15, 0.2) is 54.7 Å². The minimum absolute atomic E-state index is 0.100. The highest BCUT2D eigenvalue weighted by Crippen LogP contribution is 2.32. The van der Waals surface area contributed by atoms with Gasteiger partial charge in [-0.25, -0.2) is 0 Å². The fourth-order valence-electron chi connectivity index (χ4n) is 3.09. The summed E-state index contributed by atoms with van der Waals surface area (Å²) in [5.41, 5.74) is 3.65. The molecule has 2 aromatic carbocycles. The highest BCUT2D eigenvalue weighted by atomic mass is 79.9. The van der Waals surface area contributed by atoms with E-state index in [1.165, 1.54) is 0 Å². The molecule has 0 fully saturated rings. The maximum atomic E-state index is 12.3. The molecule has 0 saturated carbocycles. The summed E-state index contributed by atoms with van der Waals surface area (Å²) in [5.74, 6) is 3.27. The summed E-state index contributed by atoms with van der Waals surface area (Å²) >= 11 is 2.94. The minimum atomic E-state index is -0.100. The summed E-state index contributed by atoms with van der Waals surface area (Å²) < 4.78 is 12.4. The van der Waals surface area contributed by atoms with Crippen molar-refractivity contribution in [2.24, 2.45) is 7.05 Å². The van der Waals surface area contributed by atoms with Crippen LogP contribution >= 0.6 is 15.9 Å². The molecule has 0 bridgehead atoms. The lowest BCUT2D eigenvalue weighted by Crippen LogP contribution is -2.29. The van der Waals surface area contributed by atoms with Gasteiger partial charge in [0.25, 0.3) is 0 Å². The predicted octanol–water partition coefficient (Wildman–Crippen LogP) is 3.89. The molecule has 0 atom stereocenters. The maximum Gasteiger partial charge on any atom is 0.238 e. The van der Waals surface area contributed by atoms with E-state index in [1.54, 1.807) is 25.1 Å². The molecule has 7 nitrogen and oxygen atoms in total. The Morgan fingerprint density at radius 1 is 1.10 bits per heavy atom. The molecule has 1 heterocycles. The number of benzene rings is 2. The third-order valence-corrected chi connectivity index (χ3v) is 4.59. The number of nitrogens with one attached hydrogen (secondary N) is 2. The van der Waals surface area contributed by atoms with Gasteiger partial charge in [0.1, 0.15) is 11.5 Å². The van der Waals surface area contributed by atoms with E-state index in [2.05, 4.69) is 31.7 Å². The van der Waals surface area contributed by atoms with Gasteiger partial charge in [-0.1, -0.05) is 28.1 Å². The Bertz CT molecular complexity index is 975. The summed E-state index contributed by atoms with van der Waals surface area (Å²) in [6.45, 7) is 0.931. The zero-order valence-corrected chi connectivity index (χ0v) is 19.9. The van der Waals surface area contributed by atoms with Crippen molar-refractivity contribution in [3.05, 3.63) is 60.3 Å². The first kappa shape index (κ1) is 24.4. The average molecular weight is 489 g/mol. The lowest BCUT2D eigenvalue weighted by atomic mass is 10.1. The molecule has 0 spiro atoms. The first-order valence-electron chi connectivity index (χ1n) is 9.78. The quantitative estimate of drug-likeness (QED) is 0.353. The molecule has 0 saturated heterocycles. The van der Waals surface area contributed by atoms with Crippen LogP contribution in [0.2, 0.25) is 0 Å². The minimum Gasteiger partial charge on any atom is -0.497 e. The number of hydrogen-bond acceptors (Lipinski definition) is 5. The van der Waals surface area contributed by atoms with Gasteiger partial charge in [-0.05, 0) is 60.8 Å². The zero-order valence-electron chi connectivity index (χ0n) is 18.3. The molecule has 8 heteroatoms. The molecule has 1 amide bonds. The highest BCUT2D eigenvalue weighted by Gasteiger charge is 2.11. The van der Waals surface area contributed by atoms with Crippen LogP contribution in [0.1, 0.15) is 5.56 Å². The summed E-state index contributed by atoms with van der Waals surface area (Å²) in [6.07, 6.45) is 2.55. The molecule has 166 valence electrons. The molecule has 2 N–H and O–H groups in total. The molecule has 0 radical (unpaired) electrons. The Labute approximate surface area is 191 Å². The molecular weight excluding hydrogens is 460 g/mol. The van der Waals surface area contributed by atoms with Crippen LogP contribution < -0.4 is 20.1 Å². The van der Waals surface area contributed by atoms with Crippen molar-refractivity contribution in [3.63, 3.8) is 0 Å². The fraction of sp³-hybridized carbons (Fsp3) is 0.304. The van der Waals surface area contributed by atoms with Crippen LogP contribution in [0.5, 0.6) is 11.5 Å². The van der Waals surface area contributed by atoms with Gasteiger partial charge in [0.05, 0.1) is 26.5 Å². The van der Waals surface area contributed by atoms with Crippen molar-refractivity contribution in [2.45, 2.75) is 6.42 Å². The second-order valence-electron chi connectivity index (χ2n) is 6.58. The number of carbonyl (C=O) groups excluding carboxylic acids is 1. The van der Waals surface area contributed by atoms with E-state index in [0.29, 0.717) is 12.2 Å². The van der Waals surface area contributed by atoms with Crippen LogP contribution in [0.3, 0.4) is 0 Å². The second-order valence-corrected chi connectivity index (χ2v) is 6.58. The molecule has 3 rings (SSSR count). The summed E-state index contributed by atoms with van der Waals surface area (Å²) in [7, 11) is 5.15. The van der Waals surface area contributed by atoms with Crippen molar-refractivity contribution in [2.75, 3.05) is 38.5 Å². The largest absolute Gasteiger partial charge is 0.497 e. The number of methoxy groups -OCH3 is 2. The average Bonchev–Trinajstić information content (AvgIpc) is 3.24. The number of hydrogen-bond donors (Lipinski definition) is 2. The van der Waals surface area contributed by atoms with Gasteiger partial charge in [0.2, 0.25) is 5.91 Å². The van der Waals surface area contributed by atoms with E-state index in [4.69, 9.17) is 9.47 Å². The first-order valence-corrected chi connectivity index (χ1v) is 11.4. The van der Waals surface area contributed by atoms with Crippen molar-refractivity contribution in [1.82, 2.24) is 15.1 Å². The third-order valence-electron chi connectivity index (χ3n) is 4.59. The van der Waals surface area contributed by atoms with Crippen LogP contribution in [0.4, 0.5) is 5.69 Å². The fourth-order valence-corrected chi connectivity index (χ4v) is 3.09. The second kappa shape index (κ2) is 12.8. The normalized spacial score (nSPS) is 10.1. The predicted molar refractivity (Wildman–Crippen MR) is 128 cm³/mol. The van der Waals surface area contributed by atoms with Crippen LogP contribution in [-0.2, 0) is 18.3 Å². The molecule has 1 aromatic heterocycles. The van der Waals surface area contributed by atoms with E-state index in [9.17, 15) is 4.79 Å². The van der Waals surface area contributed by atoms with Gasteiger partial charge in [0.15, 0.2) is 0 Å². The number of alkyl halides is 1. The molecule has 0 unspecified atom stereocenters. The van der Waals surface area contributed by atoms with E-state index < -0.39 is 0 Å². The smallest absolute Gasteiger partial charge is 0.238 e. The standard InChI is InChI=1S/C22H26N4O3.CH3Br/c1-26-20(10-12-24-26)19-14-17(7-8-21(19)29-3)25-22(27)15-23-11-9-16-5-4-6-18(13-16)28-2;1-2/h4-8,10,12-14,23H,9,11,15H2,1-3H3,(H,25,27);1H3. The number of halogens is 1. The number of anilines is 1. The number of amides is 1. The lowest BCUT2D eigenvalue weighted by molar-refractivity contribution is -0.115. The Kier molecular flexibility index (Phi) is 10.1. The molecule has 31 heavy (non-hydrogen) atoms. The number of ether oxygens (including phenoxy) is 2. The van der Waals surface area contributed by atoms with E-state index in [1.807, 2.05) is 61.4 Å². The number of aromatic nitrogens is 2. The monoisotopic (exact) mass is 488 g/mol. The number of rotatable bonds is 9. The number of aryl methyl sites for hydroxylation is 1. The van der Waals surface area contributed by atoms with Gasteiger partial charge in [-0.2, -0.15) is 5.10 Å². The Morgan fingerprint density at radius 3 is 2.58 bits per heavy atom. The first-order chi connectivity index (χ1) is 15.1. The van der Waals surface area contributed by atoms with E-state index in [0.717, 1.165) is 34.7 Å². The maximum absolute atomic E-state index is 12.3. The SMILES string of the molecule is CBr.COc1cccc(CCNCC(=O)Nc2ccc(OC)c(-c3ccnn3C)c2)c1. The van der Waals surface area contributed by atoms with Crippen molar-refractivity contribution >= 4 is 27.5 Å². The van der Waals surface area contributed by atoms with Gasteiger partial charge < -0.3 is 20.1 Å². The summed E-state index contributed by atoms with van der Waals surface area (Å²) in [6, 6.07) is 15.4. The van der Waals surface area contributed by atoms with Crippen LogP contribution in [0.25, 0.3) is 11.3 Å². The third kappa shape index (κ3) is 7.11. The van der Waals surface area contributed by atoms with Crippen LogP contribution in [-0.4, -0.2) is 48.8 Å². The van der Waals surface area contributed by atoms with Gasteiger partial charge >= 0.3 is 0 Å². The molecule has 3 aromatic rings. The van der Waals surface area contributed by atoms with Gasteiger partial charge in [0, 0.05) is 24.5 Å². The highest BCUT2D eigenvalue weighted by molar-refractivity contribution is 9.08. The van der Waals surface area contributed by atoms with Gasteiger partial charge in [-0.15, -0.1) is 0 Å². The van der Waals surface area contributed by atoms with E-state index in [-0.39, 0.29) is 12.5 Å². The van der Waals surface area contributed by atoms with Crippen molar-refractivity contribution < 1.29 is 14.3 Å². The molecule has 0 aliphatic heterocycles. The Balaban J connectivity index is 0.00000166. The lowest BCUT2D eigenvalue weighted by Gasteiger charge is -2.12. The summed E-state index contributed by atoms with van der Waals surface area (Å²) in [4.78, 5) is 12.3. The molecular formula is C23H29BrN4O3. The summed E-state index contributed by atoms with van der Waals surface area (Å²) in [5, 5.41) is 10.3. The van der Waals surface area contributed by atoms with Gasteiger partial charge in [-0.3, -0.25) is 9.48 Å². The zero-order chi connectivity index (χ0) is 22.6. The number of nitrogens with zero attached hydrogens (tertiary/aromatic N) is 2. The van der Waals surface area contributed by atoms with E-state index >= 15 is 0 Å². The molecule has 0 aliphatic rings. The van der Waals surface area contributed by atoms with Crippen LogP contribution in [0, 0.1) is 0 Å². The Morgan fingerprint density at radius 2 is 1.90 bits per heavy atom. The Hall–Kier alpha value is -2.84. The number of carbonyl (C=O) groups is 1. The van der Waals surface area contributed by atoms with Crippen molar-refractivity contribution in [1.29, 1.82) is 0 Å².